The fourth-order valence-electron chi connectivity index (χ4n) is 4.52. The molecule has 1 saturated heterocycles. The van der Waals surface area contributed by atoms with Gasteiger partial charge in [0.25, 0.3) is 11.7 Å². The second-order valence-electron chi connectivity index (χ2n) is 8.85. The van der Waals surface area contributed by atoms with E-state index in [0.717, 1.165) is 5.56 Å². The van der Waals surface area contributed by atoms with Crippen molar-refractivity contribution in [1.29, 1.82) is 0 Å². The van der Waals surface area contributed by atoms with Crippen molar-refractivity contribution in [2.75, 3.05) is 6.61 Å². The van der Waals surface area contributed by atoms with Gasteiger partial charge in [0.2, 0.25) is 0 Å². The number of para-hydroxylation sites is 1. The number of rotatable bonds is 8. The number of Topliss-reactive ketones (excluding diaryl/α,β-unsaturated/α-hetero) is 1. The molecule has 0 radical (unpaired) electrons. The minimum Gasteiger partial charge on any atom is -0.507 e. The summed E-state index contributed by atoms with van der Waals surface area (Å²) in [6.07, 6.45) is 3.27. The monoisotopic (exact) mass is 540 g/mol. The summed E-state index contributed by atoms with van der Waals surface area (Å²) < 4.78 is 11.6. The molecule has 4 aromatic rings. The van der Waals surface area contributed by atoms with Crippen LogP contribution >= 0.6 is 11.6 Å². The molecule has 0 spiro atoms. The number of aliphatic hydroxyl groups excluding tert-OH is 1. The number of hydrogen-bond donors (Lipinski definition) is 1. The Labute approximate surface area is 230 Å². The first-order chi connectivity index (χ1) is 19.0. The lowest BCUT2D eigenvalue weighted by Crippen LogP contribution is -2.29. The summed E-state index contributed by atoms with van der Waals surface area (Å²) in [6.45, 7) is 2.30. The molecule has 1 aliphatic rings. The number of carbonyl (C=O) groups is 2. The molecule has 0 saturated carbocycles. The molecular formula is C31H25ClN2O5. The van der Waals surface area contributed by atoms with Gasteiger partial charge in [-0.25, -0.2) is 0 Å². The van der Waals surface area contributed by atoms with Gasteiger partial charge in [-0.05, 0) is 66.6 Å². The summed E-state index contributed by atoms with van der Waals surface area (Å²) in [6, 6.07) is 23.9. The molecule has 39 heavy (non-hydrogen) atoms. The standard InChI is InChI=1S/C31H25ClN2O5/c1-2-38-26-17-22(13-14-25(26)32)29(35)27-28(34(31(37)30(27)36)19-20-8-7-15-33-18-20)21-9-6-12-24(16-21)39-23-10-4-3-5-11-23/h3-18,28,35H,2,19H2,1H3/b29-27-. The fourth-order valence-corrected chi connectivity index (χ4v) is 4.70. The van der Waals surface area contributed by atoms with Crippen LogP contribution in [0.2, 0.25) is 5.02 Å². The summed E-state index contributed by atoms with van der Waals surface area (Å²) in [4.78, 5) is 32.4. The first kappa shape index (κ1) is 26.0. The number of halogens is 1. The lowest BCUT2D eigenvalue weighted by Gasteiger charge is -2.25. The highest BCUT2D eigenvalue weighted by molar-refractivity contribution is 6.46. The van der Waals surface area contributed by atoms with Gasteiger partial charge in [0.05, 0.1) is 23.2 Å². The molecule has 1 N–H and O–H groups in total. The molecule has 1 unspecified atom stereocenters. The van der Waals surface area contributed by atoms with Gasteiger partial charge < -0.3 is 19.5 Å². The SMILES string of the molecule is CCOc1cc(/C(O)=C2/C(=O)C(=O)N(Cc3cccnc3)C2c2cccc(Oc3ccccc3)c2)ccc1Cl. The summed E-state index contributed by atoms with van der Waals surface area (Å²) >= 11 is 6.24. The quantitative estimate of drug-likeness (QED) is 0.155. The lowest BCUT2D eigenvalue weighted by atomic mass is 9.95. The maximum atomic E-state index is 13.4. The number of amides is 1. The zero-order valence-corrected chi connectivity index (χ0v) is 21.8. The Morgan fingerprint density at radius 1 is 0.974 bits per heavy atom. The van der Waals surface area contributed by atoms with E-state index in [0.29, 0.717) is 40.0 Å². The number of ether oxygens (including phenoxy) is 2. The molecule has 0 bridgehead atoms. The highest BCUT2D eigenvalue weighted by Crippen LogP contribution is 2.42. The predicted molar refractivity (Wildman–Crippen MR) is 148 cm³/mol. The van der Waals surface area contributed by atoms with Gasteiger partial charge in [0.1, 0.15) is 23.0 Å². The summed E-state index contributed by atoms with van der Waals surface area (Å²) in [7, 11) is 0. The summed E-state index contributed by atoms with van der Waals surface area (Å²) in [5.41, 5.74) is 1.62. The average molecular weight is 541 g/mol. The minimum atomic E-state index is -0.879. The van der Waals surface area contributed by atoms with Crippen LogP contribution in [0, 0.1) is 0 Å². The maximum Gasteiger partial charge on any atom is 0.295 e. The number of aliphatic hydroxyl groups is 1. The highest BCUT2D eigenvalue weighted by atomic mass is 35.5. The van der Waals surface area contributed by atoms with E-state index in [1.807, 2.05) is 43.3 Å². The lowest BCUT2D eigenvalue weighted by molar-refractivity contribution is -0.140. The molecule has 1 atom stereocenters. The Bertz CT molecular complexity index is 1540. The third-order valence-corrected chi connectivity index (χ3v) is 6.59. The second-order valence-corrected chi connectivity index (χ2v) is 9.26. The van der Waals surface area contributed by atoms with E-state index in [9.17, 15) is 14.7 Å². The van der Waals surface area contributed by atoms with Crippen LogP contribution in [0.25, 0.3) is 5.76 Å². The topological polar surface area (TPSA) is 89.0 Å². The number of benzene rings is 3. The van der Waals surface area contributed by atoms with Gasteiger partial charge in [-0.15, -0.1) is 0 Å². The number of likely N-dealkylation sites (tertiary alicyclic amines) is 1. The molecule has 3 aromatic carbocycles. The Morgan fingerprint density at radius 3 is 2.51 bits per heavy atom. The predicted octanol–water partition coefficient (Wildman–Crippen LogP) is 6.55. The van der Waals surface area contributed by atoms with E-state index in [2.05, 4.69) is 4.98 Å². The second kappa shape index (κ2) is 11.4. The molecular weight excluding hydrogens is 516 g/mol. The van der Waals surface area contributed by atoms with E-state index in [1.54, 1.807) is 60.9 Å². The molecule has 1 fully saturated rings. The number of hydrogen-bond acceptors (Lipinski definition) is 6. The zero-order valence-electron chi connectivity index (χ0n) is 21.1. The molecule has 1 aliphatic heterocycles. The van der Waals surface area contributed by atoms with Crippen molar-refractivity contribution in [1.82, 2.24) is 9.88 Å². The molecule has 7 nitrogen and oxygen atoms in total. The third kappa shape index (κ3) is 5.49. The van der Waals surface area contributed by atoms with Gasteiger partial charge in [-0.1, -0.05) is 48.0 Å². The van der Waals surface area contributed by atoms with Crippen molar-refractivity contribution < 1.29 is 24.2 Å². The average Bonchev–Trinajstić information content (AvgIpc) is 3.20. The first-order valence-electron chi connectivity index (χ1n) is 12.4. The fraction of sp³-hybridized carbons (Fsp3) is 0.129. The Morgan fingerprint density at radius 2 is 1.77 bits per heavy atom. The van der Waals surface area contributed by atoms with Gasteiger partial charge in [0.15, 0.2) is 0 Å². The number of pyridine rings is 1. The first-order valence-corrected chi connectivity index (χ1v) is 12.8. The highest BCUT2D eigenvalue weighted by Gasteiger charge is 2.46. The summed E-state index contributed by atoms with van der Waals surface area (Å²) in [5, 5.41) is 11.8. The largest absolute Gasteiger partial charge is 0.507 e. The van der Waals surface area contributed by atoms with Crippen molar-refractivity contribution in [3.05, 3.63) is 125 Å². The smallest absolute Gasteiger partial charge is 0.295 e. The van der Waals surface area contributed by atoms with Crippen LogP contribution in [0.3, 0.4) is 0 Å². The van der Waals surface area contributed by atoms with Crippen molar-refractivity contribution in [2.24, 2.45) is 0 Å². The van der Waals surface area contributed by atoms with Crippen molar-refractivity contribution in [3.63, 3.8) is 0 Å². The van der Waals surface area contributed by atoms with Gasteiger partial charge >= 0.3 is 0 Å². The van der Waals surface area contributed by atoms with Crippen molar-refractivity contribution in [3.8, 4) is 17.2 Å². The van der Waals surface area contributed by atoms with Crippen molar-refractivity contribution in [2.45, 2.75) is 19.5 Å². The Kier molecular flexibility index (Phi) is 7.61. The molecule has 1 amide bonds. The van der Waals surface area contributed by atoms with Crippen LogP contribution in [0.5, 0.6) is 17.2 Å². The molecule has 1 aromatic heterocycles. The van der Waals surface area contributed by atoms with E-state index >= 15 is 0 Å². The van der Waals surface area contributed by atoms with E-state index in [1.165, 1.54) is 4.90 Å². The van der Waals surface area contributed by atoms with Crippen LogP contribution in [0.1, 0.15) is 29.7 Å². The molecule has 0 aliphatic carbocycles. The number of nitrogens with zero attached hydrogens (tertiary/aromatic N) is 2. The van der Waals surface area contributed by atoms with E-state index in [-0.39, 0.29) is 17.9 Å². The number of aromatic nitrogens is 1. The van der Waals surface area contributed by atoms with E-state index in [4.69, 9.17) is 21.1 Å². The number of ketones is 1. The molecule has 2 heterocycles. The van der Waals surface area contributed by atoms with Crippen molar-refractivity contribution >= 4 is 29.1 Å². The Hall–Kier alpha value is -4.62. The van der Waals surface area contributed by atoms with E-state index < -0.39 is 17.7 Å². The van der Waals surface area contributed by atoms with Gasteiger partial charge in [0, 0.05) is 24.5 Å². The molecule has 8 heteroatoms. The van der Waals surface area contributed by atoms with Crippen LogP contribution in [-0.2, 0) is 16.1 Å². The van der Waals surface area contributed by atoms with Gasteiger partial charge in [-0.2, -0.15) is 0 Å². The van der Waals surface area contributed by atoms with Crippen LogP contribution < -0.4 is 9.47 Å². The minimum absolute atomic E-state index is 0.0366. The van der Waals surface area contributed by atoms with Crippen LogP contribution in [0.4, 0.5) is 0 Å². The van der Waals surface area contributed by atoms with Crippen LogP contribution in [-0.4, -0.2) is 33.3 Å². The Balaban J connectivity index is 1.62. The molecule has 196 valence electrons. The number of carbonyl (C=O) groups excluding carboxylic acids is 2. The maximum absolute atomic E-state index is 13.4. The third-order valence-electron chi connectivity index (χ3n) is 6.27. The normalized spacial score (nSPS) is 16.4. The zero-order chi connectivity index (χ0) is 27.4. The summed E-state index contributed by atoms with van der Waals surface area (Å²) in [5.74, 6) is -0.302. The van der Waals surface area contributed by atoms with Gasteiger partial charge in [-0.3, -0.25) is 14.6 Å². The molecule has 5 rings (SSSR count). The van der Waals surface area contributed by atoms with Crippen LogP contribution in [0.15, 0.2) is 103 Å².